The van der Waals surface area contributed by atoms with Gasteiger partial charge in [-0.3, -0.25) is 10.1 Å². The fraction of sp³-hybridized carbons (Fsp3) is 0.444. The lowest BCUT2D eigenvalue weighted by molar-refractivity contribution is -0.440. The molecule has 1 atom stereocenters. The van der Waals surface area contributed by atoms with Crippen molar-refractivity contribution in [2.75, 3.05) is 23.8 Å². The van der Waals surface area contributed by atoms with Crippen molar-refractivity contribution in [2.45, 2.75) is 19.3 Å². The number of hydrogen-bond donors (Lipinski definition) is 3. The van der Waals surface area contributed by atoms with Crippen LogP contribution in [0.25, 0.3) is 0 Å². The number of nitrogens with one attached hydrogen (secondary N) is 1. The summed E-state index contributed by atoms with van der Waals surface area (Å²) in [6.45, 7) is 2.80. The Morgan fingerprint density at radius 2 is 2.18 bits per heavy atom. The lowest BCUT2D eigenvalue weighted by Gasteiger charge is -2.15. The molecule has 0 saturated heterocycles. The minimum Gasteiger partial charge on any atom is -0.383 e. The van der Waals surface area contributed by atoms with Gasteiger partial charge >= 0.3 is 0 Å². The SMILES string of the molecule is CCC([CH][N+](=O)[O-])c1c(N)nc(N)nc1NC. The van der Waals surface area contributed by atoms with Crippen molar-refractivity contribution in [3.8, 4) is 0 Å². The third kappa shape index (κ3) is 2.92. The Morgan fingerprint density at radius 3 is 2.65 bits per heavy atom. The van der Waals surface area contributed by atoms with Crippen LogP contribution in [-0.4, -0.2) is 21.9 Å². The first kappa shape index (κ1) is 12.9. The van der Waals surface area contributed by atoms with E-state index in [0.29, 0.717) is 17.8 Å². The van der Waals surface area contributed by atoms with Crippen LogP contribution in [0.3, 0.4) is 0 Å². The first-order chi connectivity index (χ1) is 7.99. The molecule has 1 radical (unpaired) electrons. The van der Waals surface area contributed by atoms with E-state index >= 15 is 0 Å². The summed E-state index contributed by atoms with van der Waals surface area (Å²) in [5.41, 5.74) is 11.7. The van der Waals surface area contributed by atoms with Crippen molar-refractivity contribution in [1.82, 2.24) is 9.97 Å². The summed E-state index contributed by atoms with van der Waals surface area (Å²) < 4.78 is 0. The number of anilines is 3. The van der Waals surface area contributed by atoms with Crippen LogP contribution < -0.4 is 16.8 Å². The molecule has 93 valence electrons. The van der Waals surface area contributed by atoms with Crippen LogP contribution in [0.2, 0.25) is 0 Å². The normalized spacial score (nSPS) is 12.1. The smallest absolute Gasteiger partial charge is 0.286 e. The van der Waals surface area contributed by atoms with Crippen molar-refractivity contribution in [1.29, 1.82) is 0 Å². The number of aromatic nitrogens is 2. The Bertz CT molecular complexity index is 422. The van der Waals surface area contributed by atoms with Crippen molar-refractivity contribution < 1.29 is 4.92 Å². The Balaban J connectivity index is 3.21. The maximum absolute atomic E-state index is 10.5. The van der Waals surface area contributed by atoms with Crippen LogP contribution in [0.1, 0.15) is 24.8 Å². The van der Waals surface area contributed by atoms with Gasteiger partial charge in [0.1, 0.15) is 11.6 Å². The number of nitrogens with two attached hydrogens (primary N) is 2. The van der Waals surface area contributed by atoms with Gasteiger partial charge < -0.3 is 16.8 Å². The van der Waals surface area contributed by atoms with Crippen molar-refractivity contribution >= 4 is 17.6 Å². The fourth-order valence-corrected chi connectivity index (χ4v) is 1.59. The summed E-state index contributed by atoms with van der Waals surface area (Å²) in [5, 5.41) is 13.4. The molecule has 8 nitrogen and oxygen atoms in total. The number of nitrogens with zero attached hydrogens (tertiary/aromatic N) is 3. The molecule has 0 fully saturated rings. The molecule has 8 heteroatoms. The van der Waals surface area contributed by atoms with Crippen LogP contribution in [0, 0.1) is 16.7 Å². The molecular formula is C9H15N6O2. The zero-order valence-electron chi connectivity index (χ0n) is 9.67. The standard InChI is InChI=1S/C9H15N6O2/c1-3-5(4-15(16)17)6-7(10)13-9(11)14-8(6)12-2/h4-5H,3H2,1-2H3,(H5,10,11,12,13,14). The maximum atomic E-state index is 10.5. The predicted molar refractivity (Wildman–Crippen MR) is 64.7 cm³/mol. The minimum atomic E-state index is -0.497. The highest BCUT2D eigenvalue weighted by atomic mass is 16.6. The second kappa shape index (κ2) is 5.28. The molecule has 0 aromatic carbocycles. The molecule has 1 heterocycles. The van der Waals surface area contributed by atoms with Gasteiger partial charge in [0, 0.05) is 17.5 Å². The molecule has 1 unspecified atom stereocenters. The maximum Gasteiger partial charge on any atom is 0.286 e. The van der Waals surface area contributed by atoms with Crippen LogP contribution in [0.5, 0.6) is 0 Å². The number of nitrogen functional groups attached to an aromatic ring is 2. The molecule has 0 aliphatic heterocycles. The van der Waals surface area contributed by atoms with E-state index in [1.807, 2.05) is 6.92 Å². The van der Waals surface area contributed by atoms with E-state index in [1.165, 1.54) is 0 Å². The molecule has 0 aliphatic carbocycles. The Labute approximate surface area is 98.6 Å². The van der Waals surface area contributed by atoms with Gasteiger partial charge in [-0.25, -0.2) is 0 Å². The highest BCUT2D eigenvalue weighted by Gasteiger charge is 2.25. The monoisotopic (exact) mass is 239 g/mol. The summed E-state index contributed by atoms with van der Waals surface area (Å²) in [6, 6.07) is 0. The predicted octanol–water partition coefficient (Wildman–Crippen LogP) is 0.615. The van der Waals surface area contributed by atoms with Gasteiger partial charge in [-0.05, 0) is 6.42 Å². The Morgan fingerprint density at radius 1 is 1.53 bits per heavy atom. The number of nitro groups is 1. The lowest BCUT2D eigenvalue weighted by Crippen LogP contribution is -2.14. The zero-order valence-corrected chi connectivity index (χ0v) is 9.67. The first-order valence-corrected chi connectivity index (χ1v) is 5.08. The summed E-state index contributed by atoms with van der Waals surface area (Å²) in [7, 11) is 1.64. The van der Waals surface area contributed by atoms with Gasteiger partial charge in [-0.1, -0.05) is 6.92 Å². The zero-order chi connectivity index (χ0) is 13.0. The van der Waals surface area contributed by atoms with Gasteiger partial charge in [-0.2, -0.15) is 9.97 Å². The fourth-order valence-electron chi connectivity index (χ4n) is 1.59. The third-order valence-corrected chi connectivity index (χ3v) is 2.34. The average Bonchev–Trinajstić information content (AvgIpc) is 2.25. The summed E-state index contributed by atoms with van der Waals surface area (Å²) in [6.07, 6.45) is 0.521. The van der Waals surface area contributed by atoms with Gasteiger partial charge in [0.2, 0.25) is 5.95 Å². The van der Waals surface area contributed by atoms with Gasteiger partial charge in [0.25, 0.3) is 6.54 Å². The molecule has 17 heavy (non-hydrogen) atoms. The van der Waals surface area contributed by atoms with Crippen LogP contribution in [0.15, 0.2) is 0 Å². The number of hydrogen-bond acceptors (Lipinski definition) is 7. The first-order valence-electron chi connectivity index (χ1n) is 5.08. The molecule has 1 rings (SSSR count). The van der Waals surface area contributed by atoms with E-state index in [2.05, 4.69) is 15.3 Å². The summed E-state index contributed by atoms with van der Waals surface area (Å²) >= 11 is 0. The van der Waals surface area contributed by atoms with Crippen molar-refractivity contribution in [3.05, 3.63) is 22.2 Å². The van der Waals surface area contributed by atoms with E-state index in [1.54, 1.807) is 7.05 Å². The highest BCUT2D eigenvalue weighted by Crippen LogP contribution is 2.32. The van der Waals surface area contributed by atoms with E-state index < -0.39 is 10.8 Å². The second-order valence-electron chi connectivity index (χ2n) is 3.43. The van der Waals surface area contributed by atoms with Gasteiger partial charge in [0.05, 0.1) is 5.92 Å². The van der Waals surface area contributed by atoms with E-state index in [9.17, 15) is 10.1 Å². The molecule has 1 aromatic heterocycles. The second-order valence-corrected chi connectivity index (χ2v) is 3.43. The quantitative estimate of drug-likeness (QED) is 0.506. The van der Waals surface area contributed by atoms with Crippen LogP contribution in [0.4, 0.5) is 17.6 Å². The molecule has 0 saturated carbocycles. The van der Waals surface area contributed by atoms with Gasteiger partial charge in [0.15, 0.2) is 0 Å². The number of rotatable bonds is 5. The Kier molecular flexibility index (Phi) is 4.02. The molecule has 0 spiro atoms. The topological polar surface area (TPSA) is 133 Å². The largest absolute Gasteiger partial charge is 0.383 e. The van der Waals surface area contributed by atoms with Gasteiger partial charge in [-0.15, -0.1) is 0 Å². The van der Waals surface area contributed by atoms with E-state index in [-0.39, 0.29) is 11.8 Å². The molecular weight excluding hydrogens is 224 g/mol. The van der Waals surface area contributed by atoms with E-state index in [4.69, 9.17) is 11.5 Å². The third-order valence-electron chi connectivity index (χ3n) is 2.34. The lowest BCUT2D eigenvalue weighted by atomic mass is 9.97. The van der Waals surface area contributed by atoms with Crippen molar-refractivity contribution in [2.24, 2.45) is 0 Å². The van der Waals surface area contributed by atoms with E-state index in [0.717, 1.165) is 6.54 Å². The van der Waals surface area contributed by atoms with Crippen LogP contribution >= 0.6 is 0 Å². The highest BCUT2D eigenvalue weighted by molar-refractivity contribution is 5.60. The molecule has 0 amide bonds. The summed E-state index contributed by atoms with van der Waals surface area (Å²) in [4.78, 5) is 17.8. The summed E-state index contributed by atoms with van der Waals surface area (Å²) in [5.74, 6) is 0.159. The molecule has 1 aromatic rings. The molecule has 0 bridgehead atoms. The van der Waals surface area contributed by atoms with Crippen molar-refractivity contribution in [3.63, 3.8) is 0 Å². The average molecular weight is 239 g/mol. The van der Waals surface area contributed by atoms with Crippen LogP contribution in [-0.2, 0) is 0 Å². The molecule has 5 N–H and O–H groups in total. The minimum absolute atomic E-state index is 0.0338. The Hall–Kier alpha value is -2.12. The molecule has 0 aliphatic rings.